The first-order valence-electron chi connectivity index (χ1n) is 5.35. The fourth-order valence-corrected chi connectivity index (χ4v) is 1.77. The topological polar surface area (TPSA) is 95.9 Å². The molecule has 1 saturated heterocycles. The summed E-state index contributed by atoms with van der Waals surface area (Å²) in [6.45, 7) is 1.87. The highest BCUT2D eigenvalue weighted by Gasteiger charge is 2.34. The number of carbonyl (C=O) groups excluding carboxylic acids is 2. The Morgan fingerprint density at radius 3 is 2.65 bits per heavy atom. The van der Waals surface area contributed by atoms with Gasteiger partial charge in [0.15, 0.2) is 0 Å². The van der Waals surface area contributed by atoms with Crippen LogP contribution in [-0.4, -0.2) is 53.7 Å². The molecular weight excluding hydrogens is 228 g/mol. The molecule has 0 aromatic heterocycles. The van der Waals surface area contributed by atoms with Crippen molar-refractivity contribution in [3.63, 3.8) is 0 Å². The van der Waals surface area contributed by atoms with E-state index in [1.165, 1.54) is 18.9 Å². The molecule has 0 aliphatic carbocycles. The second kappa shape index (κ2) is 5.51. The third kappa shape index (κ3) is 3.08. The van der Waals surface area contributed by atoms with Crippen LogP contribution in [0.2, 0.25) is 0 Å². The highest BCUT2D eigenvalue weighted by atomic mass is 16.5. The predicted molar refractivity (Wildman–Crippen MR) is 57.4 cm³/mol. The molecule has 7 nitrogen and oxygen atoms in total. The molecular formula is C10H16N2O5. The van der Waals surface area contributed by atoms with E-state index >= 15 is 0 Å². The van der Waals surface area contributed by atoms with Crippen molar-refractivity contribution in [3.8, 4) is 0 Å². The molecule has 1 aliphatic rings. The van der Waals surface area contributed by atoms with E-state index in [4.69, 9.17) is 5.11 Å². The standard InChI is InChI=1S/C10H16N2O5/c1-6(9(15)17-2)11-10(16)12-5-3-4-7(12)8(13)14/h6-7H,3-5H2,1-2H3,(H,11,16)(H,13,14). The van der Waals surface area contributed by atoms with Gasteiger partial charge >= 0.3 is 18.0 Å². The molecule has 1 rings (SSSR count). The van der Waals surface area contributed by atoms with Crippen molar-refractivity contribution in [2.75, 3.05) is 13.7 Å². The summed E-state index contributed by atoms with van der Waals surface area (Å²) >= 11 is 0. The summed E-state index contributed by atoms with van der Waals surface area (Å²) in [5.74, 6) is -1.59. The minimum absolute atomic E-state index is 0.386. The zero-order valence-corrected chi connectivity index (χ0v) is 9.80. The van der Waals surface area contributed by atoms with Gasteiger partial charge in [-0.15, -0.1) is 0 Å². The van der Waals surface area contributed by atoms with Crippen LogP contribution in [0.15, 0.2) is 0 Å². The Hall–Kier alpha value is -1.79. The van der Waals surface area contributed by atoms with Gasteiger partial charge in [0, 0.05) is 6.54 Å². The van der Waals surface area contributed by atoms with E-state index in [9.17, 15) is 14.4 Å². The Balaban J connectivity index is 2.58. The number of methoxy groups -OCH3 is 1. The van der Waals surface area contributed by atoms with Crippen molar-refractivity contribution in [1.29, 1.82) is 0 Å². The lowest BCUT2D eigenvalue weighted by atomic mass is 10.2. The van der Waals surface area contributed by atoms with Crippen molar-refractivity contribution >= 4 is 18.0 Å². The van der Waals surface area contributed by atoms with Gasteiger partial charge in [-0.25, -0.2) is 14.4 Å². The number of ether oxygens (including phenoxy) is 1. The van der Waals surface area contributed by atoms with Crippen LogP contribution in [0, 0.1) is 0 Å². The fraction of sp³-hybridized carbons (Fsp3) is 0.700. The van der Waals surface area contributed by atoms with Gasteiger partial charge in [-0.3, -0.25) is 0 Å². The van der Waals surface area contributed by atoms with E-state index in [0.717, 1.165) is 0 Å². The van der Waals surface area contributed by atoms with E-state index in [1.54, 1.807) is 0 Å². The van der Waals surface area contributed by atoms with E-state index < -0.39 is 30.1 Å². The molecule has 0 saturated carbocycles. The van der Waals surface area contributed by atoms with Crippen molar-refractivity contribution < 1.29 is 24.2 Å². The van der Waals surface area contributed by atoms with Crippen molar-refractivity contribution in [2.45, 2.75) is 31.8 Å². The highest BCUT2D eigenvalue weighted by molar-refractivity contribution is 5.86. The maximum absolute atomic E-state index is 11.7. The van der Waals surface area contributed by atoms with Crippen molar-refractivity contribution in [1.82, 2.24) is 10.2 Å². The first-order valence-corrected chi connectivity index (χ1v) is 5.35. The zero-order chi connectivity index (χ0) is 13.0. The molecule has 0 aromatic rings. The van der Waals surface area contributed by atoms with Crippen LogP contribution in [-0.2, 0) is 14.3 Å². The number of urea groups is 1. The molecule has 1 heterocycles. The normalized spacial score (nSPS) is 20.8. The predicted octanol–water partition coefficient (Wildman–Crippen LogP) is -0.194. The summed E-state index contributed by atoms with van der Waals surface area (Å²) < 4.78 is 4.46. The SMILES string of the molecule is COC(=O)C(C)NC(=O)N1CCCC1C(=O)O. The lowest BCUT2D eigenvalue weighted by Gasteiger charge is -2.23. The molecule has 0 bridgehead atoms. The maximum atomic E-state index is 11.7. The second-order valence-electron chi connectivity index (χ2n) is 3.88. The van der Waals surface area contributed by atoms with Crippen LogP contribution in [0.4, 0.5) is 4.79 Å². The minimum atomic E-state index is -1.02. The molecule has 2 atom stereocenters. The number of nitrogens with one attached hydrogen (secondary N) is 1. The summed E-state index contributed by atoms with van der Waals surface area (Å²) in [5.41, 5.74) is 0. The Labute approximate surface area is 98.7 Å². The van der Waals surface area contributed by atoms with Gasteiger partial charge in [-0.05, 0) is 19.8 Å². The number of amides is 2. The van der Waals surface area contributed by atoms with E-state index in [-0.39, 0.29) is 0 Å². The zero-order valence-electron chi connectivity index (χ0n) is 9.80. The van der Waals surface area contributed by atoms with E-state index in [1.807, 2.05) is 0 Å². The van der Waals surface area contributed by atoms with Crippen molar-refractivity contribution in [3.05, 3.63) is 0 Å². The highest BCUT2D eigenvalue weighted by Crippen LogP contribution is 2.17. The van der Waals surface area contributed by atoms with E-state index in [0.29, 0.717) is 19.4 Å². The summed E-state index contributed by atoms with van der Waals surface area (Å²) in [5, 5.41) is 11.3. The van der Waals surface area contributed by atoms with Gasteiger partial charge in [0.05, 0.1) is 7.11 Å². The number of likely N-dealkylation sites (tertiary alicyclic amines) is 1. The Morgan fingerprint density at radius 1 is 1.47 bits per heavy atom. The number of aliphatic carboxylic acids is 1. The third-order valence-corrected chi connectivity index (χ3v) is 2.69. The Bertz CT molecular complexity index is 331. The first kappa shape index (κ1) is 13.3. The number of hydrogen-bond donors (Lipinski definition) is 2. The van der Waals surface area contributed by atoms with Crippen LogP contribution in [0.25, 0.3) is 0 Å². The smallest absolute Gasteiger partial charge is 0.328 e. The summed E-state index contributed by atoms with van der Waals surface area (Å²) in [6.07, 6.45) is 1.09. The number of carbonyl (C=O) groups is 3. The van der Waals surface area contributed by atoms with Crippen LogP contribution in [0.5, 0.6) is 0 Å². The molecule has 0 radical (unpaired) electrons. The first-order chi connectivity index (χ1) is 7.97. The van der Waals surface area contributed by atoms with Gasteiger partial charge in [0.2, 0.25) is 0 Å². The average molecular weight is 244 g/mol. The summed E-state index contributed by atoms with van der Waals surface area (Å²) in [4.78, 5) is 34.9. The molecule has 0 spiro atoms. The molecule has 7 heteroatoms. The van der Waals surface area contributed by atoms with Crippen LogP contribution >= 0.6 is 0 Å². The van der Waals surface area contributed by atoms with Crippen LogP contribution in [0.3, 0.4) is 0 Å². The number of hydrogen-bond acceptors (Lipinski definition) is 4. The molecule has 1 fully saturated rings. The third-order valence-electron chi connectivity index (χ3n) is 2.69. The van der Waals surface area contributed by atoms with Crippen LogP contribution < -0.4 is 5.32 Å². The van der Waals surface area contributed by atoms with E-state index in [2.05, 4.69) is 10.1 Å². The largest absolute Gasteiger partial charge is 0.480 e. The number of carboxylic acids is 1. The van der Waals surface area contributed by atoms with Gasteiger partial charge in [0.25, 0.3) is 0 Å². The molecule has 0 aromatic carbocycles. The number of rotatable bonds is 3. The molecule has 2 unspecified atom stereocenters. The van der Waals surface area contributed by atoms with Crippen LogP contribution in [0.1, 0.15) is 19.8 Å². The monoisotopic (exact) mass is 244 g/mol. The fourth-order valence-electron chi connectivity index (χ4n) is 1.77. The number of nitrogens with zero attached hydrogens (tertiary/aromatic N) is 1. The molecule has 17 heavy (non-hydrogen) atoms. The Morgan fingerprint density at radius 2 is 2.12 bits per heavy atom. The quantitative estimate of drug-likeness (QED) is 0.670. The van der Waals surface area contributed by atoms with Gasteiger partial charge in [0.1, 0.15) is 12.1 Å². The lowest BCUT2D eigenvalue weighted by Crippen LogP contribution is -2.50. The van der Waals surface area contributed by atoms with Gasteiger partial charge in [-0.2, -0.15) is 0 Å². The van der Waals surface area contributed by atoms with Crippen molar-refractivity contribution in [2.24, 2.45) is 0 Å². The maximum Gasteiger partial charge on any atom is 0.328 e. The number of esters is 1. The minimum Gasteiger partial charge on any atom is -0.480 e. The summed E-state index contributed by atoms with van der Waals surface area (Å²) in [7, 11) is 1.22. The molecule has 2 N–H and O–H groups in total. The lowest BCUT2D eigenvalue weighted by molar-refractivity contribution is -0.142. The molecule has 2 amide bonds. The van der Waals surface area contributed by atoms with Gasteiger partial charge < -0.3 is 20.1 Å². The second-order valence-corrected chi connectivity index (χ2v) is 3.88. The van der Waals surface area contributed by atoms with Gasteiger partial charge in [-0.1, -0.05) is 0 Å². The summed E-state index contributed by atoms with van der Waals surface area (Å²) in [6, 6.07) is -2.14. The molecule has 1 aliphatic heterocycles. The Kier molecular flexibility index (Phi) is 4.30. The number of carboxylic acid groups (broad SMARTS) is 1. The average Bonchev–Trinajstić information content (AvgIpc) is 2.76. The molecule has 96 valence electrons.